The number of morpholine rings is 1. The number of aromatic nitrogens is 3. The highest BCUT2D eigenvalue weighted by Gasteiger charge is 2.23. The second-order valence-electron chi connectivity index (χ2n) is 4.75. The van der Waals surface area contributed by atoms with Crippen molar-refractivity contribution >= 4 is 24.3 Å². The first-order valence-electron chi connectivity index (χ1n) is 6.69. The van der Waals surface area contributed by atoms with Crippen molar-refractivity contribution in [3.05, 3.63) is 5.82 Å². The molecule has 2 fully saturated rings. The first-order valence-corrected chi connectivity index (χ1v) is 6.69. The molecule has 1 aromatic rings. The lowest BCUT2D eigenvalue weighted by Gasteiger charge is -2.27. The Morgan fingerprint density at radius 1 is 1.21 bits per heavy atom. The van der Waals surface area contributed by atoms with Crippen LogP contribution in [0.4, 0.5) is 11.9 Å². The van der Waals surface area contributed by atoms with E-state index in [1.54, 1.807) is 0 Å². The van der Waals surface area contributed by atoms with E-state index in [-0.39, 0.29) is 12.4 Å². The second-order valence-corrected chi connectivity index (χ2v) is 4.75. The van der Waals surface area contributed by atoms with Gasteiger partial charge in [0.2, 0.25) is 11.9 Å². The van der Waals surface area contributed by atoms with Gasteiger partial charge in [-0.2, -0.15) is 15.0 Å². The molecule has 1 saturated heterocycles. The van der Waals surface area contributed by atoms with Crippen molar-refractivity contribution in [1.82, 2.24) is 15.0 Å². The van der Waals surface area contributed by atoms with Gasteiger partial charge in [0.1, 0.15) is 5.82 Å². The van der Waals surface area contributed by atoms with E-state index in [0.29, 0.717) is 6.04 Å². The molecule has 1 aliphatic carbocycles. The quantitative estimate of drug-likeness (QED) is 0.899. The maximum Gasteiger partial charge on any atom is 0.230 e. The highest BCUT2D eigenvalue weighted by atomic mass is 35.5. The molecule has 0 atom stereocenters. The fourth-order valence-electron chi connectivity index (χ4n) is 1.95. The minimum Gasteiger partial charge on any atom is -0.378 e. The van der Waals surface area contributed by atoms with Gasteiger partial charge in [0.15, 0.2) is 0 Å². The van der Waals surface area contributed by atoms with Crippen LogP contribution in [0.3, 0.4) is 0 Å². The smallest absolute Gasteiger partial charge is 0.230 e. The molecule has 0 bridgehead atoms. The van der Waals surface area contributed by atoms with Crippen molar-refractivity contribution < 1.29 is 4.74 Å². The highest BCUT2D eigenvalue weighted by molar-refractivity contribution is 5.85. The van der Waals surface area contributed by atoms with E-state index in [4.69, 9.17) is 4.74 Å². The molecule has 106 valence electrons. The molecule has 0 unspecified atom stereocenters. The van der Waals surface area contributed by atoms with Crippen LogP contribution in [-0.4, -0.2) is 47.3 Å². The minimum absolute atomic E-state index is 0. The van der Waals surface area contributed by atoms with E-state index >= 15 is 0 Å². The molecule has 7 heteroatoms. The number of nitrogens with zero attached hydrogens (tertiary/aromatic N) is 4. The van der Waals surface area contributed by atoms with Gasteiger partial charge < -0.3 is 15.0 Å². The standard InChI is InChI=1S/C12H19N5O.ClH/c1-2-10-14-11(13-9-3-4-9)16-12(15-10)17-5-7-18-8-6-17;/h9H,2-8H2,1H3,(H,13,14,15,16);1H. The van der Waals surface area contributed by atoms with E-state index < -0.39 is 0 Å². The van der Waals surface area contributed by atoms with Gasteiger partial charge >= 0.3 is 0 Å². The van der Waals surface area contributed by atoms with E-state index in [9.17, 15) is 0 Å². The summed E-state index contributed by atoms with van der Waals surface area (Å²) >= 11 is 0. The van der Waals surface area contributed by atoms with Crippen molar-refractivity contribution in [3.8, 4) is 0 Å². The fraction of sp³-hybridized carbons (Fsp3) is 0.750. The van der Waals surface area contributed by atoms with Crippen molar-refractivity contribution in [2.45, 2.75) is 32.2 Å². The third kappa shape index (κ3) is 3.67. The largest absolute Gasteiger partial charge is 0.378 e. The normalized spacial score (nSPS) is 18.9. The predicted octanol–water partition coefficient (Wildman–Crippen LogP) is 1.27. The lowest BCUT2D eigenvalue weighted by atomic mass is 10.4. The topological polar surface area (TPSA) is 63.2 Å². The van der Waals surface area contributed by atoms with Crippen molar-refractivity contribution in [1.29, 1.82) is 0 Å². The van der Waals surface area contributed by atoms with Crippen LogP contribution in [0.25, 0.3) is 0 Å². The average molecular weight is 286 g/mol. The Morgan fingerprint density at radius 2 is 1.95 bits per heavy atom. The highest BCUT2D eigenvalue weighted by Crippen LogP contribution is 2.23. The van der Waals surface area contributed by atoms with Crippen molar-refractivity contribution in [3.63, 3.8) is 0 Å². The third-order valence-corrected chi connectivity index (χ3v) is 3.19. The molecule has 0 spiro atoms. The second kappa shape index (κ2) is 6.34. The molecule has 0 aromatic carbocycles. The van der Waals surface area contributed by atoms with Gasteiger partial charge in [-0.1, -0.05) is 6.92 Å². The van der Waals surface area contributed by atoms with Gasteiger partial charge in [0.05, 0.1) is 13.2 Å². The van der Waals surface area contributed by atoms with E-state index in [1.165, 1.54) is 12.8 Å². The molecule has 19 heavy (non-hydrogen) atoms. The maximum absolute atomic E-state index is 5.35. The molecule has 3 rings (SSSR count). The summed E-state index contributed by atoms with van der Waals surface area (Å²) in [5.41, 5.74) is 0. The number of nitrogens with one attached hydrogen (secondary N) is 1. The summed E-state index contributed by atoms with van der Waals surface area (Å²) in [5.74, 6) is 2.37. The molecular weight excluding hydrogens is 266 g/mol. The number of anilines is 2. The lowest BCUT2D eigenvalue weighted by Crippen LogP contribution is -2.37. The van der Waals surface area contributed by atoms with Crippen molar-refractivity contribution in [2.75, 3.05) is 36.5 Å². The van der Waals surface area contributed by atoms with E-state index in [1.807, 2.05) is 0 Å². The summed E-state index contributed by atoms with van der Waals surface area (Å²) in [7, 11) is 0. The Labute approximate surface area is 119 Å². The summed E-state index contributed by atoms with van der Waals surface area (Å²) in [5, 5.41) is 3.35. The zero-order valence-corrected chi connectivity index (χ0v) is 11.9. The Balaban J connectivity index is 0.00000133. The Hall–Kier alpha value is -1.14. The van der Waals surface area contributed by atoms with E-state index in [0.717, 1.165) is 50.4 Å². The summed E-state index contributed by atoms with van der Waals surface area (Å²) in [4.78, 5) is 15.6. The zero-order chi connectivity index (χ0) is 12.4. The summed E-state index contributed by atoms with van der Waals surface area (Å²) in [6, 6.07) is 0.564. The fourth-order valence-corrected chi connectivity index (χ4v) is 1.95. The summed E-state index contributed by atoms with van der Waals surface area (Å²) < 4.78 is 5.35. The van der Waals surface area contributed by atoms with Gasteiger partial charge in [-0.3, -0.25) is 0 Å². The molecule has 1 saturated carbocycles. The average Bonchev–Trinajstić information content (AvgIpc) is 3.23. The van der Waals surface area contributed by atoms with Gasteiger partial charge in [-0.25, -0.2) is 0 Å². The van der Waals surface area contributed by atoms with Crippen LogP contribution in [0.1, 0.15) is 25.6 Å². The molecule has 2 aliphatic rings. The van der Waals surface area contributed by atoms with Gasteiger partial charge in [0, 0.05) is 25.6 Å². The number of aryl methyl sites for hydroxylation is 1. The molecule has 0 amide bonds. The molecule has 1 N–H and O–H groups in total. The lowest BCUT2D eigenvalue weighted by molar-refractivity contribution is 0.122. The molecule has 6 nitrogen and oxygen atoms in total. The first kappa shape index (κ1) is 14.3. The van der Waals surface area contributed by atoms with Gasteiger partial charge in [0.25, 0.3) is 0 Å². The predicted molar refractivity (Wildman–Crippen MR) is 76.1 cm³/mol. The molecule has 1 aromatic heterocycles. The molecule has 2 heterocycles. The van der Waals surface area contributed by atoms with Gasteiger partial charge in [-0.05, 0) is 12.8 Å². The summed E-state index contributed by atoms with van der Waals surface area (Å²) in [6.45, 7) is 5.28. The zero-order valence-electron chi connectivity index (χ0n) is 11.1. The number of halogens is 1. The molecule has 1 aliphatic heterocycles. The molecule has 0 radical (unpaired) electrons. The van der Waals surface area contributed by atoms with Crippen LogP contribution in [0.2, 0.25) is 0 Å². The Bertz CT molecular complexity index is 421. The van der Waals surface area contributed by atoms with Crippen LogP contribution >= 0.6 is 12.4 Å². The van der Waals surface area contributed by atoms with Crippen LogP contribution in [0, 0.1) is 0 Å². The van der Waals surface area contributed by atoms with Crippen LogP contribution < -0.4 is 10.2 Å². The number of hydrogen-bond donors (Lipinski definition) is 1. The minimum atomic E-state index is 0. The third-order valence-electron chi connectivity index (χ3n) is 3.19. The Morgan fingerprint density at radius 3 is 2.58 bits per heavy atom. The number of rotatable bonds is 4. The SMILES string of the molecule is CCc1nc(NC2CC2)nc(N2CCOCC2)n1.Cl. The Kier molecular flexibility index (Phi) is 4.76. The first-order chi connectivity index (χ1) is 8.85. The number of ether oxygens (including phenoxy) is 1. The van der Waals surface area contributed by atoms with Crippen LogP contribution in [0.5, 0.6) is 0 Å². The van der Waals surface area contributed by atoms with Crippen LogP contribution in [0.15, 0.2) is 0 Å². The summed E-state index contributed by atoms with van der Waals surface area (Å²) in [6.07, 6.45) is 3.28. The molecular formula is C12H20ClN5O. The monoisotopic (exact) mass is 285 g/mol. The maximum atomic E-state index is 5.35. The van der Waals surface area contributed by atoms with Crippen molar-refractivity contribution in [2.24, 2.45) is 0 Å². The number of hydrogen-bond acceptors (Lipinski definition) is 6. The van der Waals surface area contributed by atoms with Gasteiger partial charge in [-0.15, -0.1) is 12.4 Å². The van der Waals surface area contributed by atoms with Crippen LogP contribution in [-0.2, 0) is 11.2 Å². The van der Waals surface area contributed by atoms with E-state index in [2.05, 4.69) is 32.1 Å².